The maximum atomic E-state index is 6.36. The Morgan fingerprint density at radius 2 is 2.10 bits per heavy atom. The lowest BCUT2D eigenvalue weighted by atomic mass is 9.85. The zero-order valence-corrected chi connectivity index (χ0v) is 13.5. The van der Waals surface area contributed by atoms with Crippen LogP contribution in [0.15, 0.2) is 27.2 Å². The van der Waals surface area contributed by atoms with E-state index in [0.29, 0.717) is 17.7 Å². The number of fused-ring (bicyclic) bond motifs is 2. The first-order chi connectivity index (χ1) is 10.1. The predicted octanol–water partition coefficient (Wildman–Crippen LogP) is 3.65. The normalized spacial score (nSPS) is 31.0. The summed E-state index contributed by atoms with van der Waals surface area (Å²) in [6.45, 7) is 2.06. The third kappa shape index (κ3) is 2.14. The number of nitrogens with two attached hydrogens (primary N) is 1. The first kappa shape index (κ1) is 13.5. The van der Waals surface area contributed by atoms with Crippen LogP contribution in [0.5, 0.6) is 0 Å². The van der Waals surface area contributed by atoms with E-state index in [4.69, 9.17) is 10.3 Å². The summed E-state index contributed by atoms with van der Waals surface area (Å²) >= 11 is 3.57. The Bertz CT molecular complexity index is 682. The number of benzene rings is 1. The standard InChI is InChI=1S/C16H18BrN3O/c1-8-2-5-11(12(17)6-8)15-19-16(21-20-15)13-9-3-4-10(7-9)14(13)18/h2,5-6,9-10,13-14H,3-4,7,18H2,1H3. The summed E-state index contributed by atoms with van der Waals surface area (Å²) < 4.78 is 6.54. The molecule has 1 aromatic carbocycles. The molecule has 0 aliphatic heterocycles. The number of hydrogen-bond donors (Lipinski definition) is 1. The van der Waals surface area contributed by atoms with Gasteiger partial charge in [0.2, 0.25) is 11.7 Å². The van der Waals surface area contributed by atoms with Crippen LogP contribution in [-0.4, -0.2) is 16.2 Å². The molecule has 4 nitrogen and oxygen atoms in total. The lowest BCUT2D eigenvalue weighted by molar-refractivity contribution is 0.279. The first-order valence-electron chi connectivity index (χ1n) is 7.49. The van der Waals surface area contributed by atoms with Crippen molar-refractivity contribution in [3.05, 3.63) is 34.1 Å². The Kier molecular flexibility index (Phi) is 3.15. The Balaban J connectivity index is 1.67. The van der Waals surface area contributed by atoms with E-state index >= 15 is 0 Å². The van der Waals surface area contributed by atoms with Crippen LogP contribution in [0.2, 0.25) is 0 Å². The molecule has 4 rings (SSSR count). The van der Waals surface area contributed by atoms with Crippen molar-refractivity contribution >= 4 is 15.9 Å². The third-order valence-electron chi connectivity index (χ3n) is 5.07. The lowest BCUT2D eigenvalue weighted by Crippen LogP contribution is -2.34. The average molecular weight is 348 g/mol. The first-order valence-corrected chi connectivity index (χ1v) is 8.28. The fourth-order valence-electron chi connectivity index (χ4n) is 3.98. The molecule has 2 aromatic rings. The third-order valence-corrected chi connectivity index (χ3v) is 5.73. The predicted molar refractivity (Wildman–Crippen MR) is 83.7 cm³/mol. The minimum absolute atomic E-state index is 0.179. The van der Waals surface area contributed by atoms with E-state index in [1.807, 2.05) is 6.07 Å². The SMILES string of the molecule is Cc1ccc(-c2noc(C3C4CCC(C4)C3N)n2)c(Br)c1. The van der Waals surface area contributed by atoms with Gasteiger partial charge in [-0.15, -0.1) is 0 Å². The molecule has 0 radical (unpaired) electrons. The summed E-state index contributed by atoms with van der Waals surface area (Å²) in [6, 6.07) is 6.32. The van der Waals surface area contributed by atoms with Crippen LogP contribution in [0.3, 0.4) is 0 Å². The Morgan fingerprint density at radius 3 is 2.81 bits per heavy atom. The summed E-state index contributed by atoms with van der Waals surface area (Å²) in [4.78, 5) is 4.63. The molecule has 0 spiro atoms. The van der Waals surface area contributed by atoms with Crippen molar-refractivity contribution < 1.29 is 4.52 Å². The Hall–Kier alpha value is -1.20. The quantitative estimate of drug-likeness (QED) is 0.900. The topological polar surface area (TPSA) is 64.9 Å². The maximum absolute atomic E-state index is 6.36. The molecular weight excluding hydrogens is 330 g/mol. The van der Waals surface area contributed by atoms with Gasteiger partial charge in [-0.3, -0.25) is 0 Å². The number of halogens is 1. The summed E-state index contributed by atoms with van der Waals surface area (Å²) in [5.41, 5.74) is 8.52. The van der Waals surface area contributed by atoms with E-state index in [1.165, 1.54) is 24.8 Å². The highest BCUT2D eigenvalue weighted by molar-refractivity contribution is 9.10. The minimum Gasteiger partial charge on any atom is -0.339 e. The van der Waals surface area contributed by atoms with Gasteiger partial charge in [-0.05, 0) is 55.7 Å². The monoisotopic (exact) mass is 347 g/mol. The van der Waals surface area contributed by atoms with Gasteiger partial charge in [-0.1, -0.05) is 27.2 Å². The van der Waals surface area contributed by atoms with E-state index in [9.17, 15) is 0 Å². The van der Waals surface area contributed by atoms with Crippen molar-refractivity contribution in [1.82, 2.24) is 10.1 Å². The number of aryl methyl sites for hydroxylation is 1. The van der Waals surface area contributed by atoms with Gasteiger partial charge in [0.15, 0.2) is 0 Å². The van der Waals surface area contributed by atoms with Crippen molar-refractivity contribution in [3.8, 4) is 11.4 Å². The minimum atomic E-state index is 0.179. The van der Waals surface area contributed by atoms with Crippen LogP contribution in [0.4, 0.5) is 0 Å². The number of hydrogen-bond acceptors (Lipinski definition) is 4. The van der Waals surface area contributed by atoms with Crippen LogP contribution in [0.25, 0.3) is 11.4 Å². The largest absolute Gasteiger partial charge is 0.339 e. The van der Waals surface area contributed by atoms with Crippen LogP contribution in [-0.2, 0) is 0 Å². The number of rotatable bonds is 2. The Labute approximate surface area is 132 Å². The fourth-order valence-corrected chi connectivity index (χ4v) is 4.65. The van der Waals surface area contributed by atoms with Crippen LogP contribution in [0, 0.1) is 18.8 Å². The maximum Gasteiger partial charge on any atom is 0.231 e. The number of nitrogens with zero attached hydrogens (tertiary/aromatic N) is 2. The van der Waals surface area contributed by atoms with Crippen LogP contribution < -0.4 is 5.73 Å². The van der Waals surface area contributed by atoms with E-state index in [-0.39, 0.29) is 12.0 Å². The zero-order chi connectivity index (χ0) is 14.6. The smallest absolute Gasteiger partial charge is 0.231 e. The highest BCUT2D eigenvalue weighted by Gasteiger charge is 2.48. The van der Waals surface area contributed by atoms with Crippen LogP contribution >= 0.6 is 15.9 Å². The summed E-state index contributed by atoms with van der Waals surface area (Å²) in [7, 11) is 0. The van der Waals surface area contributed by atoms with Crippen molar-refractivity contribution in [3.63, 3.8) is 0 Å². The van der Waals surface area contributed by atoms with Gasteiger partial charge in [-0.25, -0.2) is 0 Å². The van der Waals surface area contributed by atoms with Gasteiger partial charge in [-0.2, -0.15) is 4.98 Å². The number of aromatic nitrogens is 2. The molecule has 0 saturated heterocycles. The highest BCUT2D eigenvalue weighted by Crippen LogP contribution is 2.51. The van der Waals surface area contributed by atoms with Gasteiger partial charge in [0.1, 0.15) is 0 Å². The molecular formula is C16H18BrN3O. The molecule has 1 aromatic heterocycles. The van der Waals surface area contributed by atoms with Gasteiger partial charge in [0, 0.05) is 16.1 Å². The van der Waals surface area contributed by atoms with E-state index < -0.39 is 0 Å². The molecule has 2 bridgehead atoms. The molecule has 2 aliphatic carbocycles. The van der Waals surface area contributed by atoms with Gasteiger partial charge in [0.05, 0.1) is 5.92 Å². The highest BCUT2D eigenvalue weighted by atomic mass is 79.9. The summed E-state index contributed by atoms with van der Waals surface area (Å²) in [6.07, 6.45) is 3.72. The van der Waals surface area contributed by atoms with Crippen molar-refractivity contribution in [2.75, 3.05) is 0 Å². The molecule has 0 amide bonds. The molecule has 4 unspecified atom stereocenters. The Morgan fingerprint density at radius 1 is 1.29 bits per heavy atom. The summed E-state index contributed by atoms with van der Waals surface area (Å²) in [5, 5.41) is 4.17. The van der Waals surface area contributed by atoms with Gasteiger partial charge < -0.3 is 10.3 Å². The fraction of sp³-hybridized carbons (Fsp3) is 0.500. The van der Waals surface area contributed by atoms with E-state index in [0.717, 1.165) is 15.9 Å². The van der Waals surface area contributed by atoms with Gasteiger partial charge >= 0.3 is 0 Å². The molecule has 4 atom stereocenters. The second-order valence-corrected chi connectivity index (χ2v) is 7.23. The van der Waals surface area contributed by atoms with Crippen molar-refractivity contribution in [2.24, 2.45) is 17.6 Å². The van der Waals surface area contributed by atoms with E-state index in [2.05, 4.69) is 45.1 Å². The van der Waals surface area contributed by atoms with Crippen molar-refractivity contribution in [1.29, 1.82) is 0 Å². The molecule has 5 heteroatoms. The molecule has 2 saturated carbocycles. The zero-order valence-electron chi connectivity index (χ0n) is 11.9. The lowest BCUT2D eigenvalue weighted by Gasteiger charge is -2.24. The van der Waals surface area contributed by atoms with Crippen LogP contribution in [0.1, 0.15) is 36.6 Å². The van der Waals surface area contributed by atoms with Gasteiger partial charge in [0.25, 0.3) is 0 Å². The molecule has 110 valence electrons. The summed E-state index contributed by atoms with van der Waals surface area (Å²) in [5.74, 6) is 2.87. The molecule has 21 heavy (non-hydrogen) atoms. The molecule has 2 aliphatic rings. The molecule has 2 N–H and O–H groups in total. The molecule has 2 fully saturated rings. The average Bonchev–Trinajstić information content (AvgIpc) is 3.13. The second-order valence-electron chi connectivity index (χ2n) is 6.38. The van der Waals surface area contributed by atoms with Crippen molar-refractivity contribution in [2.45, 2.75) is 38.1 Å². The molecule has 1 heterocycles. The second kappa shape index (κ2) is 4.92. The van der Waals surface area contributed by atoms with E-state index in [1.54, 1.807) is 0 Å².